The molecule has 92 valence electrons. The van der Waals surface area contributed by atoms with Crippen molar-refractivity contribution >= 4 is 7.60 Å². The van der Waals surface area contributed by atoms with Crippen LogP contribution < -0.4 is 17.0 Å². The van der Waals surface area contributed by atoms with Gasteiger partial charge in [0.2, 0.25) is 0 Å². The molecule has 0 aromatic carbocycles. The smallest absolute Gasteiger partial charge is 0.399 e. The molecule has 0 unspecified atom stereocenters. The van der Waals surface area contributed by atoms with Crippen molar-refractivity contribution < 1.29 is 40.1 Å². The van der Waals surface area contributed by atoms with Gasteiger partial charge in [-0.1, -0.05) is 0 Å². The van der Waals surface area contributed by atoms with Gasteiger partial charge in [0.15, 0.2) is 12.4 Å². The fourth-order valence-corrected chi connectivity index (χ4v) is 1.52. The minimum absolute atomic E-state index is 0. The van der Waals surface area contributed by atoms with E-state index in [9.17, 15) is 13.3 Å². The third-order valence-electron chi connectivity index (χ3n) is 1.97. The van der Waals surface area contributed by atoms with E-state index in [0.717, 1.165) is 12.1 Å². The Morgan fingerprint density at radius 1 is 1.38 bits per heavy atom. The van der Waals surface area contributed by atoms with Crippen LogP contribution in [0.15, 0.2) is 24.5 Å². The Hall–Kier alpha value is -0.550. The molecule has 0 radical (unpaired) electrons. The van der Waals surface area contributed by atoms with Crippen LogP contribution in [0.1, 0.15) is 12.5 Å². The largest absolute Gasteiger partial charge is 1.00 e. The number of aromatic nitrogens is 1. The number of alkyl halides is 2. The molecular formula is C8H11ClF2NO3P. The first-order valence-electron chi connectivity index (χ1n) is 4.22. The van der Waals surface area contributed by atoms with E-state index in [4.69, 9.17) is 9.79 Å². The molecule has 0 spiro atoms. The molecule has 1 aromatic rings. The van der Waals surface area contributed by atoms with Crippen molar-refractivity contribution in [3.05, 3.63) is 30.1 Å². The van der Waals surface area contributed by atoms with Crippen molar-refractivity contribution in [3.8, 4) is 0 Å². The van der Waals surface area contributed by atoms with Crippen LogP contribution in [0.4, 0.5) is 8.78 Å². The number of pyridine rings is 1. The van der Waals surface area contributed by atoms with Gasteiger partial charge < -0.3 is 22.2 Å². The predicted octanol–water partition coefficient (Wildman–Crippen LogP) is -1.77. The zero-order valence-electron chi connectivity index (χ0n) is 8.35. The van der Waals surface area contributed by atoms with Crippen LogP contribution in [0, 0.1) is 0 Å². The van der Waals surface area contributed by atoms with Gasteiger partial charge in [-0.2, -0.15) is 8.78 Å². The SMILES string of the molecule is CC[n+]1ccc(C(F)(F)P(=O)(O)O)cc1.[Cl-]. The van der Waals surface area contributed by atoms with E-state index in [0.29, 0.717) is 6.54 Å². The molecule has 1 aromatic heterocycles. The van der Waals surface area contributed by atoms with Crippen molar-refractivity contribution in [2.45, 2.75) is 19.1 Å². The highest BCUT2D eigenvalue weighted by Crippen LogP contribution is 2.58. The maximum absolute atomic E-state index is 13.1. The number of nitrogens with zero attached hydrogens (tertiary/aromatic N) is 1. The van der Waals surface area contributed by atoms with E-state index >= 15 is 0 Å². The van der Waals surface area contributed by atoms with Gasteiger partial charge in [0.1, 0.15) is 6.54 Å². The van der Waals surface area contributed by atoms with Crippen LogP contribution in [0.25, 0.3) is 0 Å². The molecule has 0 aliphatic carbocycles. The molecule has 2 N–H and O–H groups in total. The van der Waals surface area contributed by atoms with Crippen molar-refractivity contribution in [1.82, 2.24) is 0 Å². The minimum Gasteiger partial charge on any atom is -1.00 e. The number of hydrogen-bond donors (Lipinski definition) is 2. The molecule has 0 aliphatic rings. The van der Waals surface area contributed by atoms with Crippen LogP contribution in [0.5, 0.6) is 0 Å². The third-order valence-corrected chi connectivity index (χ3v) is 2.96. The van der Waals surface area contributed by atoms with Crippen LogP contribution >= 0.6 is 7.60 Å². The molecule has 1 rings (SSSR count). The van der Waals surface area contributed by atoms with E-state index < -0.39 is 18.8 Å². The van der Waals surface area contributed by atoms with E-state index in [-0.39, 0.29) is 12.4 Å². The summed E-state index contributed by atoms with van der Waals surface area (Å²) in [6, 6.07) is 2.01. The number of hydrogen-bond acceptors (Lipinski definition) is 1. The lowest BCUT2D eigenvalue weighted by molar-refractivity contribution is -0.693. The molecule has 0 fully saturated rings. The minimum atomic E-state index is -5.46. The van der Waals surface area contributed by atoms with Gasteiger partial charge in [-0.25, -0.2) is 4.57 Å². The topological polar surface area (TPSA) is 61.4 Å². The van der Waals surface area contributed by atoms with Crippen LogP contribution in [-0.2, 0) is 16.8 Å². The second-order valence-corrected chi connectivity index (χ2v) is 4.65. The van der Waals surface area contributed by atoms with Crippen LogP contribution in [0.3, 0.4) is 0 Å². The summed E-state index contributed by atoms with van der Waals surface area (Å²) in [6.07, 6.45) is 2.69. The third kappa shape index (κ3) is 2.98. The molecule has 8 heteroatoms. The standard InChI is InChI=1S/C8H10F2NO3P.ClH/c1-2-11-5-3-7(4-6-11)8(9,10)15(12,13)14;/h3-6H,2H2,1H3,(H-,12,13,14);1H. The number of rotatable bonds is 3. The molecule has 0 atom stereocenters. The summed E-state index contributed by atoms with van der Waals surface area (Å²) in [6.45, 7) is 2.42. The summed E-state index contributed by atoms with van der Waals surface area (Å²) in [5.41, 5.74) is -4.81. The van der Waals surface area contributed by atoms with E-state index in [1.54, 1.807) is 4.57 Å². The maximum Gasteiger partial charge on any atom is 0.399 e. The van der Waals surface area contributed by atoms with Crippen molar-refractivity contribution in [1.29, 1.82) is 0 Å². The first kappa shape index (κ1) is 15.4. The van der Waals surface area contributed by atoms with Gasteiger partial charge >= 0.3 is 13.3 Å². The highest BCUT2D eigenvalue weighted by Gasteiger charge is 2.50. The van der Waals surface area contributed by atoms with Crippen LogP contribution in [0.2, 0.25) is 0 Å². The van der Waals surface area contributed by atoms with Crippen molar-refractivity contribution in [2.75, 3.05) is 0 Å². The number of aryl methyl sites for hydroxylation is 1. The van der Waals surface area contributed by atoms with Crippen molar-refractivity contribution in [2.24, 2.45) is 0 Å². The second kappa shape index (κ2) is 5.19. The molecular weight excluding hydrogens is 263 g/mol. The molecule has 0 amide bonds. The second-order valence-electron chi connectivity index (χ2n) is 3.00. The highest BCUT2D eigenvalue weighted by molar-refractivity contribution is 7.52. The van der Waals surface area contributed by atoms with Crippen molar-refractivity contribution in [3.63, 3.8) is 0 Å². The zero-order chi connectivity index (χ0) is 11.7. The van der Waals surface area contributed by atoms with Gasteiger partial charge in [-0.3, -0.25) is 4.57 Å². The fraction of sp³-hybridized carbons (Fsp3) is 0.375. The molecule has 0 aliphatic heterocycles. The average molecular weight is 274 g/mol. The highest BCUT2D eigenvalue weighted by atomic mass is 35.5. The first-order valence-corrected chi connectivity index (χ1v) is 5.83. The predicted molar refractivity (Wildman–Crippen MR) is 48.2 cm³/mol. The van der Waals surface area contributed by atoms with Gasteiger partial charge in [0.25, 0.3) is 0 Å². The normalized spacial score (nSPS) is 12.1. The summed E-state index contributed by atoms with van der Waals surface area (Å²) in [7, 11) is -5.46. The molecule has 0 bridgehead atoms. The van der Waals surface area contributed by atoms with E-state index in [1.807, 2.05) is 6.92 Å². The molecule has 4 nitrogen and oxygen atoms in total. The molecule has 0 saturated carbocycles. The Balaban J connectivity index is 0.00000225. The summed E-state index contributed by atoms with van der Waals surface area (Å²) in [4.78, 5) is 17.0. The lowest BCUT2D eigenvalue weighted by Gasteiger charge is -2.16. The van der Waals surface area contributed by atoms with Gasteiger partial charge in [0, 0.05) is 17.7 Å². The Morgan fingerprint density at radius 2 is 1.81 bits per heavy atom. The lowest BCUT2D eigenvalue weighted by atomic mass is 10.3. The number of halogens is 3. The first-order chi connectivity index (χ1) is 6.79. The van der Waals surface area contributed by atoms with Crippen LogP contribution in [-0.4, -0.2) is 9.79 Å². The van der Waals surface area contributed by atoms with E-state index in [2.05, 4.69) is 0 Å². The lowest BCUT2D eigenvalue weighted by Crippen LogP contribution is -3.00. The molecule has 1 heterocycles. The Morgan fingerprint density at radius 3 is 2.12 bits per heavy atom. The van der Waals surface area contributed by atoms with Gasteiger partial charge in [-0.15, -0.1) is 0 Å². The monoisotopic (exact) mass is 273 g/mol. The quantitative estimate of drug-likeness (QED) is 0.506. The maximum atomic E-state index is 13.1. The summed E-state index contributed by atoms with van der Waals surface area (Å²) < 4.78 is 38.4. The fourth-order valence-electron chi connectivity index (χ4n) is 1.04. The summed E-state index contributed by atoms with van der Waals surface area (Å²) >= 11 is 0. The Kier molecular flexibility index (Phi) is 5.01. The van der Waals surface area contributed by atoms with Gasteiger partial charge in [-0.05, 0) is 6.92 Å². The molecule has 0 saturated heterocycles. The van der Waals surface area contributed by atoms with E-state index in [1.165, 1.54) is 12.4 Å². The molecule has 16 heavy (non-hydrogen) atoms. The van der Waals surface area contributed by atoms with Gasteiger partial charge in [0.05, 0.1) is 0 Å². The average Bonchev–Trinajstić information content (AvgIpc) is 2.16. The zero-order valence-corrected chi connectivity index (χ0v) is 10.00. The Bertz CT molecular complexity index is 393. The Labute approximate surface area is 97.5 Å². The summed E-state index contributed by atoms with van der Waals surface area (Å²) in [5.74, 6) is 0. The summed E-state index contributed by atoms with van der Waals surface area (Å²) in [5, 5.41) is 0.